The highest BCUT2D eigenvalue weighted by molar-refractivity contribution is 7.13. The van der Waals surface area contributed by atoms with Gasteiger partial charge in [0.2, 0.25) is 11.8 Å². The Labute approximate surface area is 161 Å². The highest BCUT2D eigenvalue weighted by atomic mass is 32.1. The van der Waals surface area contributed by atoms with Crippen molar-refractivity contribution >= 4 is 45.7 Å². The summed E-state index contributed by atoms with van der Waals surface area (Å²) < 4.78 is 0. The van der Waals surface area contributed by atoms with E-state index in [2.05, 4.69) is 20.9 Å². The van der Waals surface area contributed by atoms with Gasteiger partial charge >= 0.3 is 6.03 Å². The Kier molecular flexibility index (Phi) is 5.70. The minimum Gasteiger partial charge on any atom is -0.326 e. The van der Waals surface area contributed by atoms with Gasteiger partial charge in [0.1, 0.15) is 12.6 Å². The van der Waals surface area contributed by atoms with Gasteiger partial charge < -0.3 is 16.0 Å². The molecule has 9 heteroatoms. The molecule has 0 spiro atoms. The Morgan fingerprint density at radius 3 is 2.85 bits per heavy atom. The summed E-state index contributed by atoms with van der Waals surface area (Å²) in [5.74, 6) is -0.707. The predicted octanol–water partition coefficient (Wildman–Crippen LogP) is 2.66. The van der Waals surface area contributed by atoms with Crippen LogP contribution in [0.5, 0.6) is 0 Å². The molecule has 1 aliphatic heterocycles. The summed E-state index contributed by atoms with van der Waals surface area (Å²) >= 11 is 1.31. The third-order valence-electron chi connectivity index (χ3n) is 4.45. The maximum atomic E-state index is 12.9. The lowest BCUT2D eigenvalue weighted by Crippen LogP contribution is -2.54. The third kappa shape index (κ3) is 4.25. The van der Waals surface area contributed by atoms with Crippen LogP contribution in [0.25, 0.3) is 0 Å². The standard InChI is InChI=1S/C18H21N5O3S/c1-3-11(2)15(16(25)22-17-19-8-9-27-17)21-18(26)23-10-14(24)20-12-6-4-5-7-13(12)23/h4-9,11,15H,3,10H2,1-2H3,(H,20,24)(H,21,26)(H,19,22,25)/t11-,15+/m1/s1. The first-order valence-electron chi connectivity index (χ1n) is 8.67. The number of fused-ring (bicyclic) bond motifs is 1. The second-order valence-corrected chi connectivity index (χ2v) is 7.19. The molecule has 0 radical (unpaired) electrons. The van der Waals surface area contributed by atoms with Crippen LogP contribution in [0.3, 0.4) is 0 Å². The van der Waals surface area contributed by atoms with Crippen LogP contribution in [0.2, 0.25) is 0 Å². The molecule has 0 saturated carbocycles. The van der Waals surface area contributed by atoms with Crippen LogP contribution in [0.4, 0.5) is 21.3 Å². The van der Waals surface area contributed by atoms with Gasteiger partial charge in [-0.3, -0.25) is 14.5 Å². The number of carbonyl (C=O) groups is 3. The summed E-state index contributed by atoms with van der Waals surface area (Å²) in [4.78, 5) is 42.9. The van der Waals surface area contributed by atoms with Crippen LogP contribution in [0.1, 0.15) is 20.3 Å². The molecule has 0 saturated heterocycles. The lowest BCUT2D eigenvalue weighted by Gasteiger charge is -2.31. The third-order valence-corrected chi connectivity index (χ3v) is 5.14. The molecule has 2 heterocycles. The number of nitrogens with one attached hydrogen (secondary N) is 3. The van der Waals surface area contributed by atoms with E-state index in [1.165, 1.54) is 16.2 Å². The molecule has 0 unspecified atom stereocenters. The summed E-state index contributed by atoms with van der Waals surface area (Å²) in [5.41, 5.74) is 1.16. The average molecular weight is 387 g/mol. The van der Waals surface area contributed by atoms with E-state index < -0.39 is 12.1 Å². The number of hydrogen-bond donors (Lipinski definition) is 3. The Hall–Kier alpha value is -2.94. The first kappa shape index (κ1) is 18.8. The fraction of sp³-hybridized carbons (Fsp3) is 0.333. The van der Waals surface area contributed by atoms with Crippen molar-refractivity contribution in [1.82, 2.24) is 10.3 Å². The maximum absolute atomic E-state index is 12.9. The van der Waals surface area contributed by atoms with Crippen LogP contribution >= 0.6 is 11.3 Å². The van der Waals surface area contributed by atoms with Crippen molar-refractivity contribution in [3.8, 4) is 0 Å². The van der Waals surface area contributed by atoms with Crippen molar-refractivity contribution in [3.63, 3.8) is 0 Å². The molecule has 3 N–H and O–H groups in total. The largest absolute Gasteiger partial charge is 0.326 e. The van der Waals surface area contributed by atoms with Gasteiger partial charge in [0, 0.05) is 11.6 Å². The number of rotatable bonds is 5. The molecule has 2 aromatic rings. The summed E-state index contributed by atoms with van der Waals surface area (Å²) in [5, 5.41) is 10.5. The molecular formula is C18H21N5O3S. The summed E-state index contributed by atoms with van der Waals surface area (Å²) in [7, 11) is 0. The molecule has 0 aliphatic carbocycles. The van der Waals surface area contributed by atoms with E-state index >= 15 is 0 Å². The normalized spacial score (nSPS) is 15.3. The van der Waals surface area contributed by atoms with Crippen LogP contribution in [0.15, 0.2) is 35.8 Å². The first-order chi connectivity index (χ1) is 13.0. The fourth-order valence-corrected chi connectivity index (χ4v) is 3.33. The van der Waals surface area contributed by atoms with Gasteiger partial charge in [-0.15, -0.1) is 11.3 Å². The molecule has 8 nitrogen and oxygen atoms in total. The lowest BCUT2D eigenvalue weighted by molar-refractivity contribution is -0.119. The van der Waals surface area contributed by atoms with Crippen molar-refractivity contribution in [2.45, 2.75) is 26.3 Å². The number of anilines is 3. The molecule has 1 aromatic carbocycles. The average Bonchev–Trinajstić information content (AvgIpc) is 3.17. The van der Waals surface area contributed by atoms with E-state index in [9.17, 15) is 14.4 Å². The number of urea groups is 1. The van der Waals surface area contributed by atoms with Gasteiger partial charge in [-0.05, 0) is 18.1 Å². The molecule has 3 rings (SSSR count). The van der Waals surface area contributed by atoms with Crippen molar-refractivity contribution < 1.29 is 14.4 Å². The summed E-state index contributed by atoms with van der Waals surface area (Å²) in [6.07, 6.45) is 2.30. The van der Waals surface area contributed by atoms with Crippen LogP contribution in [0, 0.1) is 5.92 Å². The zero-order valence-electron chi connectivity index (χ0n) is 15.1. The van der Waals surface area contributed by atoms with Crippen molar-refractivity contribution in [3.05, 3.63) is 35.8 Å². The molecular weight excluding hydrogens is 366 g/mol. The Morgan fingerprint density at radius 1 is 1.37 bits per heavy atom. The van der Waals surface area contributed by atoms with Gasteiger partial charge in [-0.2, -0.15) is 0 Å². The van der Waals surface area contributed by atoms with E-state index in [0.29, 0.717) is 22.9 Å². The SMILES string of the molecule is CC[C@@H](C)[C@H](NC(=O)N1CC(=O)Nc2ccccc21)C(=O)Nc1nccs1. The van der Waals surface area contributed by atoms with Gasteiger partial charge in [-0.25, -0.2) is 9.78 Å². The van der Waals surface area contributed by atoms with E-state index in [1.807, 2.05) is 13.8 Å². The zero-order chi connectivity index (χ0) is 19.4. The quantitative estimate of drug-likeness (QED) is 0.734. The number of aromatic nitrogens is 1. The molecule has 0 fully saturated rings. The van der Waals surface area contributed by atoms with Crippen LogP contribution in [-0.2, 0) is 9.59 Å². The highest BCUT2D eigenvalue weighted by Crippen LogP contribution is 2.29. The zero-order valence-corrected chi connectivity index (χ0v) is 15.9. The van der Waals surface area contributed by atoms with Crippen LogP contribution < -0.4 is 20.9 Å². The number of hydrogen-bond acceptors (Lipinski definition) is 5. The van der Waals surface area contributed by atoms with Gasteiger partial charge in [-0.1, -0.05) is 32.4 Å². The number of thiazole rings is 1. The second kappa shape index (κ2) is 8.17. The highest BCUT2D eigenvalue weighted by Gasteiger charge is 2.32. The molecule has 27 heavy (non-hydrogen) atoms. The number of nitrogens with zero attached hydrogens (tertiary/aromatic N) is 2. The van der Waals surface area contributed by atoms with E-state index in [4.69, 9.17) is 0 Å². The molecule has 1 aromatic heterocycles. The number of benzene rings is 1. The predicted molar refractivity (Wildman–Crippen MR) is 105 cm³/mol. The van der Waals surface area contributed by atoms with Crippen LogP contribution in [-0.4, -0.2) is 35.4 Å². The van der Waals surface area contributed by atoms with Gasteiger partial charge in [0.05, 0.1) is 11.4 Å². The Morgan fingerprint density at radius 2 is 2.15 bits per heavy atom. The second-order valence-electron chi connectivity index (χ2n) is 6.29. The Balaban J connectivity index is 1.78. The number of amides is 4. The van der Waals surface area contributed by atoms with E-state index in [1.54, 1.807) is 35.8 Å². The summed E-state index contributed by atoms with van der Waals surface area (Å²) in [6.45, 7) is 3.73. The van der Waals surface area contributed by atoms with Gasteiger partial charge in [0.25, 0.3) is 0 Å². The Bertz CT molecular complexity index is 839. The molecule has 0 bridgehead atoms. The topological polar surface area (TPSA) is 103 Å². The smallest absolute Gasteiger partial charge is 0.323 e. The van der Waals surface area contributed by atoms with Gasteiger partial charge in [0.15, 0.2) is 5.13 Å². The van der Waals surface area contributed by atoms with Crippen molar-refractivity contribution in [1.29, 1.82) is 0 Å². The molecule has 2 atom stereocenters. The molecule has 1 aliphatic rings. The number of carbonyl (C=O) groups excluding carboxylic acids is 3. The minimum atomic E-state index is -0.747. The summed E-state index contributed by atoms with van der Waals surface area (Å²) in [6, 6.07) is 5.82. The first-order valence-corrected chi connectivity index (χ1v) is 9.54. The van der Waals surface area contributed by atoms with Crippen molar-refractivity contribution in [2.24, 2.45) is 5.92 Å². The lowest BCUT2D eigenvalue weighted by atomic mass is 9.98. The van der Waals surface area contributed by atoms with E-state index in [0.717, 1.165) is 0 Å². The molecule has 4 amide bonds. The monoisotopic (exact) mass is 387 g/mol. The maximum Gasteiger partial charge on any atom is 0.323 e. The van der Waals surface area contributed by atoms with E-state index in [-0.39, 0.29) is 24.3 Å². The van der Waals surface area contributed by atoms with Crippen molar-refractivity contribution in [2.75, 3.05) is 22.1 Å². The molecule has 142 valence electrons. The number of para-hydroxylation sites is 2. The fourth-order valence-electron chi connectivity index (χ4n) is 2.80. The minimum absolute atomic E-state index is 0.0947.